The number of primary amides is 1. The molecule has 1 amide bonds. The Balaban J connectivity index is 1.88. The molecular weight excluding hydrogens is 244 g/mol. The Hall–Kier alpha value is -1.73. The number of rotatable bonds is 4. The molecule has 0 saturated carbocycles. The molecule has 0 spiro atoms. The van der Waals surface area contributed by atoms with E-state index < -0.39 is 11.4 Å². The number of hydrogen-bond donors (Lipinski definition) is 2. The molecule has 1 saturated heterocycles. The molecule has 19 heavy (non-hydrogen) atoms. The van der Waals surface area contributed by atoms with E-state index in [-0.39, 0.29) is 0 Å². The Morgan fingerprint density at radius 3 is 2.42 bits per heavy atom. The van der Waals surface area contributed by atoms with Gasteiger partial charge < -0.3 is 16.4 Å². The van der Waals surface area contributed by atoms with Crippen molar-refractivity contribution in [3.05, 3.63) is 18.5 Å². The number of nitrogens with two attached hydrogens (primary N) is 2. The van der Waals surface area contributed by atoms with E-state index in [2.05, 4.69) is 19.8 Å². The normalized spacial score (nSPS) is 20.0. The topological polar surface area (TPSA) is 101 Å². The molecule has 4 N–H and O–H groups in total. The highest BCUT2D eigenvalue weighted by atomic mass is 16.1. The molecule has 0 aliphatic carbocycles. The summed E-state index contributed by atoms with van der Waals surface area (Å²) in [6.07, 6.45) is 3.47. The zero-order chi connectivity index (χ0) is 13.9. The van der Waals surface area contributed by atoms with E-state index in [0.29, 0.717) is 6.54 Å². The van der Waals surface area contributed by atoms with Crippen LogP contribution in [0.2, 0.25) is 0 Å². The third kappa shape index (κ3) is 3.39. The van der Waals surface area contributed by atoms with Crippen LogP contribution in [0.5, 0.6) is 0 Å². The lowest BCUT2D eigenvalue weighted by Gasteiger charge is -2.37. The fraction of sp³-hybridized carbons (Fsp3) is 0.583. The molecule has 7 heteroatoms. The van der Waals surface area contributed by atoms with Gasteiger partial charge in [-0.2, -0.15) is 0 Å². The van der Waals surface area contributed by atoms with Crippen molar-refractivity contribution in [1.29, 1.82) is 0 Å². The van der Waals surface area contributed by atoms with Gasteiger partial charge in [-0.25, -0.2) is 9.97 Å². The van der Waals surface area contributed by atoms with Gasteiger partial charge in [0.1, 0.15) is 5.54 Å². The summed E-state index contributed by atoms with van der Waals surface area (Å²) in [7, 11) is 0. The van der Waals surface area contributed by atoms with Crippen LogP contribution < -0.4 is 16.4 Å². The first-order valence-electron chi connectivity index (χ1n) is 6.32. The summed E-state index contributed by atoms with van der Waals surface area (Å²) in [6.45, 7) is 5.42. The van der Waals surface area contributed by atoms with Crippen LogP contribution in [0.25, 0.3) is 0 Å². The van der Waals surface area contributed by atoms with E-state index in [1.54, 1.807) is 25.4 Å². The van der Waals surface area contributed by atoms with Crippen molar-refractivity contribution in [2.24, 2.45) is 11.5 Å². The lowest BCUT2D eigenvalue weighted by molar-refractivity contribution is -0.123. The second kappa shape index (κ2) is 5.50. The molecule has 1 atom stereocenters. The van der Waals surface area contributed by atoms with E-state index >= 15 is 0 Å². The Morgan fingerprint density at radius 1 is 1.32 bits per heavy atom. The van der Waals surface area contributed by atoms with Crippen molar-refractivity contribution in [3.8, 4) is 0 Å². The Kier molecular flexibility index (Phi) is 3.96. The minimum absolute atomic E-state index is 0.471. The highest BCUT2D eigenvalue weighted by molar-refractivity contribution is 5.84. The van der Waals surface area contributed by atoms with Gasteiger partial charge in [-0.3, -0.25) is 9.69 Å². The number of piperazine rings is 1. The van der Waals surface area contributed by atoms with Crippen LogP contribution in [0.4, 0.5) is 5.95 Å². The maximum absolute atomic E-state index is 11.2. The van der Waals surface area contributed by atoms with E-state index in [1.807, 2.05) is 0 Å². The van der Waals surface area contributed by atoms with Crippen LogP contribution in [-0.2, 0) is 4.79 Å². The van der Waals surface area contributed by atoms with Gasteiger partial charge in [0.2, 0.25) is 11.9 Å². The summed E-state index contributed by atoms with van der Waals surface area (Å²) in [5.41, 5.74) is 10.2. The quantitative estimate of drug-likeness (QED) is 0.708. The van der Waals surface area contributed by atoms with E-state index in [9.17, 15) is 4.79 Å². The molecule has 1 aromatic rings. The second-order valence-electron chi connectivity index (χ2n) is 5.09. The van der Waals surface area contributed by atoms with Crippen molar-refractivity contribution < 1.29 is 4.79 Å². The summed E-state index contributed by atoms with van der Waals surface area (Å²) in [5, 5.41) is 0. The first-order chi connectivity index (χ1) is 8.99. The van der Waals surface area contributed by atoms with Crippen molar-refractivity contribution in [2.45, 2.75) is 12.5 Å². The molecule has 1 fully saturated rings. The van der Waals surface area contributed by atoms with Crippen molar-refractivity contribution in [2.75, 3.05) is 37.6 Å². The van der Waals surface area contributed by atoms with Crippen molar-refractivity contribution in [3.63, 3.8) is 0 Å². The minimum atomic E-state index is -0.981. The SMILES string of the molecule is CC(N)(CN1CCN(c2ncccn2)CC1)C(N)=O. The highest BCUT2D eigenvalue weighted by Gasteiger charge is 2.30. The summed E-state index contributed by atoms with van der Waals surface area (Å²) < 4.78 is 0. The summed E-state index contributed by atoms with van der Waals surface area (Å²) in [5.74, 6) is 0.272. The molecule has 7 nitrogen and oxygen atoms in total. The highest BCUT2D eigenvalue weighted by Crippen LogP contribution is 2.11. The molecule has 1 unspecified atom stereocenters. The third-order valence-electron chi connectivity index (χ3n) is 3.32. The van der Waals surface area contributed by atoms with Crippen LogP contribution in [0.3, 0.4) is 0 Å². The predicted molar refractivity (Wildman–Crippen MR) is 72.5 cm³/mol. The lowest BCUT2D eigenvalue weighted by atomic mass is 10.0. The van der Waals surface area contributed by atoms with Gasteiger partial charge in [-0.15, -0.1) is 0 Å². The fourth-order valence-electron chi connectivity index (χ4n) is 2.10. The number of carbonyl (C=O) groups is 1. The second-order valence-corrected chi connectivity index (χ2v) is 5.09. The Bertz CT molecular complexity index is 427. The van der Waals surface area contributed by atoms with E-state index in [1.165, 1.54) is 0 Å². The maximum Gasteiger partial charge on any atom is 0.238 e. The number of nitrogens with zero attached hydrogens (tertiary/aromatic N) is 4. The molecule has 0 aromatic carbocycles. The molecule has 0 bridgehead atoms. The first-order valence-corrected chi connectivity index (χ1v) is 6.32. The zero-order valence-electron chi connectivity index (χ0n) is 11.1. The number of hydrogen-bond acceptors (Lipinski definition) is 6. The minimum Gasteiger partial charge on any atom is -0.368 e. The van der Waals surface area contributed by atoms with Gasteiger partial charge in [-0.05, 0) is 13.0 Å². The maximum atomic E-state index is 11.2. The fourth-order valence-corrected chi connectivity index (χ4v) is 2.10. The van der Waals surface area contributed by atoms with Gasteiger partial charge >= 0.3 is 0 Å². The van der Waals surface area contributed by atoms with E-state index in [0.717, 1.165) is 32.1 Å². The smallest absolute Gasteiger partial charge is 0.238 e. The Morgan fingerprint density at radius 2 is 1.89 bits per heavy atom. The van der Waals surface area contributed by atoms with E-state index in [4.69, 9.17) is 11.5 Å². The molecule has 2 rings (SSSR count). The lowest BCUT2D eigenvalue weighted by Crippen LogP contribution is -2.59. The predicted octanol–water partition coefficient (Wildman–Crippen LogP) is -1.20. The summed E-state index contributed by atoms with van der Waals surface area (Å²) >= 11 is 0. The zero-order valence-corrected chi connectivity index (χ0v) is 11.1. The van der Waals surface area contributed by atoms with Gasteiger partial charge in [0.25, 0.3) is 0 Å². The molecule has 1 aromatic heterocycles. The number of aromatic nitrogens is 2. The molecule has 1 aliphatic rings. The van der Waals surface area contributed by atoms with Crippen LogP contribution in [-0.4, -0.2) is 59.0 Å². The largest absolute Gasteiger partial charge is 0.368 e. The molecule has 2 heterocycles. The number of anilines is 1. The molecular formula is C12H20N6O. The van der Waals surface area contributed by atoms with Crippen LogP contribution >= 0.6 is 0 Å². The van der Waals surface area contributed by atoms with Crippen LogP contribution in [0.1, 0.15) is 6.92 Å². The van der Waals surface area contributed by atoms with Crippen molar-refractivity contribution in [1.82, 2.24) is 14.9 Å². The number of amides is 1. The van der Waals surface area contributed by atoms with Gasteiger partial charge in [-0.1, -0.05) is 0 Å². The molecule has 1 aliphatic heterocycles. The molecule has 104 valence electrons. The van der Waals surface area contributed by atoms with Gasteiger partial charge in [0, 0.05) is 45.1 Å². The van der Waals surface area contributed by atoms with Gasteiger partial charge in [0.05, 0.1) is 0 Å². The summed E-state index contributed by atoms with van der Waals surface area (Å²) in [4.78, 5) is 23.9. The average molecular weight is 264 g/mol. The van der Waals surface area contributed by atoms with Crippen molar-refractivity contribution >= 4 is 11.9 Å². The Labute approximate surface area is 112 Å². The summed E-state index contributed by atoms with van der Waals surface area (Å²) in [6, 6.07) is 1.80. The number of carbonyl (C=O) groups excluding carboxylic acids is 1. The first kappa shape index (κ1) is 13.7. The van der Waals surface area contributed by atoms with Crippen LogP contribution in [0, 0.1) is 0 Å². The third-order valence-corrected chi connectivity index (χ3v) is 3.32. The monoisotopic (exact) mass is 264 g/mol. The molecule has 0 radical (unpaired) electrons. The van der Waals surface area contributed by atoms with Crippen LogP contribution in [0.15, 0.2) is 18.5 Å². The average Bonchev–Trinajstić information content (AvgIpc) is 2.40. The standard InChI is InChI=1S/C12H20N6O/c1-12(14,10(13)19)9-17-5-7-18(8-6-17)11-15-3-2-4-16-11/h2-4H,5-9,14H2,1H3,(H2,13,19). The van der Waals surface area contributed by atoms with Gasteiger partial charge in [0.15, 0.2) is 0 Å².